The standard InChI is InChI=1S/C20H30N2O3/c1-3-4-13-25-14-7-11-21-20(24)15-19-18-9-6-5-8-17(18)10-12-22(19)16(2)23/h5-6,8-9,19H,3-4,7,10-15H2,1-2H3,(H,21,24). The lowest BCUT2D eigenvalue weighted by Gasteiger charge is -2.36. The van der Waals surface area contributed by atoms with Gasteiger partial charge in [-0.05, 0) is 30.4 Å². The number of carbonyl (C=O) groups excluding carboxylic acids is 2. The van der Waals surface area contributed by atoms with E-state index < -0.39 is 0 Å². The molecule has 1 aromatic rings. The second-order valence-electron chi connectivity index (χ2n) is 6.55. The van der Waals surface area contributed by atoms with E-state index in [1.54, 1.807) is 6.92 Å². The summed E-state index contributed by atoms with van der Waals surface area (Å²) in [5.74, 6) is 0.0122. The summed E-state index contributed by atoms with van der Waals surface area (Å²) in [6.07, 6.45) is 4.18. The highest BCUT2D eigenvalue weighted by Crippen LogP contribution is 2.32. The summed E-state index contributed by atoms with van der Waals surface area (Å²) in [4.78, 5) is 26.1. The number of nitrogens with one attached hydrogen (secondary N) is 1. The zero-order chi connectivity index (χ0) is 18.1. The van der Waals surface area contributed by atoms with Crippen LogP contribution in [0.5, 0.6) is 0 Å². The molecule has 0 bridgehead atoms. The van der Waals surface area contributed by atoms with Crippen LogP contribution in [-0.2, 0) is 20.7 Å². The Bertz CT molecular complexity index is 574. The van der Waals surface area contributed by atoms with Crippen LogP contribution >= 0.6 is 0 Å². The summed E-state index contributed by atoms with van der Waals surface area (Å²) in [5.41, 5.74) is 2.34. The van der Waals surface area contributed by atoms with Crippen molar-refractivity contribution in [3.05, 3.63) is 35.4 Å². The third-order valence-electron chi connectivity index (χ3n) is 4.63. The fraction of sp³-hybridized carbons (Fsp3) is 0.600. The van der Waals surface area contributed by atoms with Gasteiger partial charge < -0.3 is 15.0 Å². The van der Waals surface area contributed by atoms with Crippen LogP contribution in [0.15, 0.2) is 24.3 Å². The molecule has 0 fully saturated rings. The predicted octanol–water partition coefficient (Wildman–Crippen LogP) is 2.85. The van der Waals surface area contributed by atoms with Crippen molar-refractivity contribution in [2.75, 3.05) is 26.3 Å². The molecule has 1 N–H and O–H groups in total. The SMILES string of the molecule is CCCCOCCCNC(=O)CC1c2ccccc2CCN1C(C)=O. The van der Waals surface area contributed by atoms with E-state index in [-0.39, 0.29) is 17.9 Å². The normalized spacial score (nSPS) is 16.4. The molecule has 0 radical (unpaired) electrons. The van der Waals surface area contributed by atoms with Crippen molar-refractivity contribution < 1.29 is 14.3 Å². The van der Waals surface area contributed by atoms with Gasteiger partial charge in [0.15, 0.2) is 0 Å². The van der Waals surface area contributed by atoms with E-state index in [9.17, 15) is 9.59 Å². The molecule has 5 heteroatoms. The van der Waals surface area contributed by atoms with Crippen LogP contribution in [0.4, 0.5) is 0 Å². The molecule has 1 aromatic carbocycles. The van der Waals surface area contributed by atoms with E-state index in [0.29, 0.717) is 26.1 Å². The van der Waals surface area contributed by atoms with Crippen molar-refractivity contribution in [2.45, 2.75) is 52.0 Å². The minimum absolute atomic E-state index is 0.0125. The second kappa shape index (κ2) is 10.2. The Morgan fingerprint density at radius 3 is 2.76 bits per heavy atom. The Labute approximate surface area is 150 Å². The molecule has 1 unspecified atom stereocenters. The third kappa shape index (κ3) is 5.85. The van der Waals surface area contributed by atoms with Gasteiger partial charge in [0.1, 0.15) is 0 Å². The van der Waals surface area contributed by atoms with Gasteiger partial charge in [-0.2, -0.15) is 0 Å². The number of amides is 2. The van der Waals surface area contributed by atoms with Gasteiger partial charge >= 0.3 is 0 Å². The van der Waals surface area contributed by atoms with Crippen LogP contribution in [0.25, 0.3) is 0 Å². The quantitative estimate of drug-likeness (QED) is 0.700. The highest BCUT2D eigenvalue weighted by atomic mass is 16.5. The van der Waals surface area contributed by atoms with Gasteiger partial charge in [0.25, 0.3) is 0 Å². The van der Waals surface area contributed by atoms with Crippen molar-refractivity contribution in [1.82, 2.24) is 10.2 Å². The number of nitrogens with zero attached hydrogens (tertiary/aromatic N) is 1. The molecule has 2 amide bonds. The first-order chi connectivity index (χ1) is 12.1. The highest BCUT2D eigenvalue weighted by Gasteiger charge is 2.30. The zero-order valence-electron chi connectivity index (χ0n) is 15.4. The maximum Gasteiger partial charge on any atom is 0.222 e. The molecule has 0 aliphatic carbocycles. The van der Waals surface area contributed by atoms with Crippen LogP contribution in [0.3, 0.4) is 0 Å². The minimum Gasteiger partial charge on any atom is -0.381 e. The molecule has 138 valence electrons. The molecule has 0 aromatic heterocycles. The summed E-state index contributed by atoms with van der Waals surface area (Å²) in [6, 6.07) is 7.94. The lowest BCUT2D eigenvalue weighted by atomic mass is 9.90. The fourth-order valence-corrected chi connectivity index (χ4v) is 3.25. The number of carbonyl (C=O) groups is 2. The Morgan fingerprint density at radius 1 is 1.24 bits per heavy atom. The van der Waals surface area contributed by atoms with Gasteiger partial charge in [-0.15, -0.1) is 0 Å². The first-order valence-electron chi connectivity index (χ1n) is 9.33. The predicted molar refractivity (Wildman–Crippen MR) is 98.2 cm³/mol. The minimum atomic E-state index is -0.164. The number of hydrogen-bond acceptors (Lipinski definition) is 3. The van der Waals surface area contributed by atoms with Crippen molar-refractivity contribution >= 4 is 11.8 Å². The summed E-state index contributed by atoms with van der Waals surface area (Å²) in [7, 11) is 0. The van der Waals surface area contributed by atoms with E-state index in [1.165, 1.54) is 5.56 Å². The summed E-state index contributed by atoms with van der Waals surface area (Å²) in [5, 5.41) is 2.95. The summed E-state index contributed by atoms with van der Waals surface area (Å²) >= 11 is 0. The molecule has 0 spiro atoms. The van der Waals surface area contributed by atoms with E-state index >= 15 is 0 Å². The van der Waals surface area contributed by atoms with E-state index in [1.807, 2.05) is 23.1 Å². The van der Waals surface area contributed by atoms with Gasteiger partial charge in [0, 0.05) is 33.2 Å². The molecule has 0 saturated carbocycles. The lowest BCUT2D eigenvalue weighted by molar-refractivity contribution is -0.133. The molecule has 1 aliphatic heterocycles. The van der Waals surface area contributed by atoms with E-state index in [4.69, 9.17) is 4.74 Å². The highest BCUT2D eigenvalue weighted by molar-refractivity contribution is 5.79. The first-order valence-corrected chi connectivity index (χ1v) is 9.33. The average Bonchev–Trinajstić information content (AvgIpc) is 2.61. The molecule has 25 heavy (non-hydrogen) atoms. The number of unbranched alkanes of at least 4 members (excludes halogenated alkanes) is 1. The number of rotatable bonds is 9. The van der Waals surface area contributed by atoms with Gasteiger partial charge in [0.05, 0.1) is 12.5 Å². The summed E-state index contributed by atoms with van der Waals surface area (Å²) in [6.45, 7) is 6.46. The van der Waals surface area contributed by atoms with Crippen molar-refractivity contribution in [1.29, 1.82) is 0 Å². The maximum atomic E-state index is 12.3. The van der Waals surface area contributed by atoms with Crippen molar-refractivity contribution in [2.24, 2.45) is 0 Å². The molecular formula is C20H30N2O3. The van der Waals surface area contributed by atoms with Gasteiger partial charge in [-0.1, -0.05) is 37.6 Å². The molecule has 5 nitrogen and oxygen atoms in total. The van der Waals surface area contributed by atoms with Gasteiger partial charge in [-0.25, -0.2) is 0 Å². The van der Waals surface area contributed by atoms with Crippen LogP contribution in [0.1, 0.15) is 56.7 Å². The zero-order valence-corrected chi connectivity index (χ0v) is 15.4. The molecule has 1 heterocycles. The molecule has 2 rings (SSSR count). The van der Waals surface area contributed by atoms with Crippen LogP contribution in [0, 0.1) is 0 Å². The number of fused-ring (bicyclic) bond motifs is 1. The average molecular weight is 346 g/mol. The molecule has 1 atom stereocenters. The Hall–Kier alpha value is -1.88. The Kier molecular flexibility index (Phi) is 7.92. The maximum absolute atomic E-state index is 12.3. The fourth-order valence-electron chi connectivity index (χ4n) is 3.25. The second-order valence-corrected chi connectivity index (χ2v) is 6.55. The van der Waals surface area contributed by atoms with Crippen molar-refractivity contribution in [3.8, 4) is 0 Å². The third-order valence-corrected chi connectivity index (χ3v) is 4.63. The van der Waals surface area contributed by atoms with E-state index in [2.05, 4.69) is 18.3 Å². The Balaban J connectivity index is 1.84. The van der Waals surface area contributed by atoms with Crippen molar-refractivity contribution in [3.63, 3.8) is 0 Å². The van der Waals surface area contributed by atoms with Gasteiger partial charge in [-0.3, -0.25) is 9.59 Å². The van der Waals surface area contributed by atoms with Crippen LogP contribution in [0.2, 0.25) is 0 Å². The smallest absolute Gasteiger partial charge is 0.222 e. The van der Waals surface area contributed by atoms with Crippen LogP contribution < -0.4 is 5.32 Å². The first kappa shape index (κ1) is 19.4. The summed E-state index contributed by atoms with van der Waals surface area (Å²) < 4.78 is 5.50. The van der Waals surface area contributed by atoms with E-state index in [0.717, 1.165) is 37.9 Å². The lowest BCUT2D eigenvalue weighted by Crippen LogP contribution is -2.41. The van der Waals surface area contributed by atoms with Crippen LogP contribution in [-0.4, -0.2) is 43.0 Å². The topological polar surface area (TPSA) is 58.6 Å². The number of benzene rings is 1. The number of ether oxygens (including phenoxy) is 1. The largest absolute Gasteiger partial charge is 0.381 e. The molecule has 1 aliphatic rings. The monoisotopic (exact) mass is 346 g/mol. The number of hydrogen-bond donors (Lipinski definition) is 1. The van der Waals surface area contributed by atoms with Gasteiger partial charge in [0.2, 0.25) is 11.8 Å². The molecular weight excluding hydrogens is 316 g/mol. The molecule has 0 saturated heterocycles. The Morgan fingerprint density at radius 2 is 2.00 bits per heavy atom.